The maximum Gasteiger partial charge on any atom is 0.209 e. The van der Waals surface area contributed by atoms with Crippen LogP contribution in [0.25, 0.3) is 0 Å². The van der Waals surface area contributed by atoms with E-state index in [1.165, 1.54) is 27.7 Å². The lowest BCUT2D eigenvalue weighted by Crippen LogP contribution is -2.27. The molecule has 1 saturated heterocycles. The van der Waals surface area contributed by atoms with Crippen molar-refractivity contribution in [2.24, 2.45) is 0 Å². The van der Waals surface area contributed by atoms with E-state index in [1.807, 2.05) is 17.8 Å². The van der Waals surface area contributed by atoms with Crippen LogP contribution in [-0.2, 0) is 5.41 Å². The van der Waals surface area contributed by atoms with Gasteiger partial charge in [-0.3, -0.25) is 0 Å². The molecule has 0 atom stereocenters. The molecule has 0 spiro atoms. The molecule has 0 saturated carbocycles. The van der Waals surface area contributed by atoms with E-state index in [1.54, 1.807) is 0 Å². The molecule has 0 aromatic heterocycles. The normalized spacial score (nSPS) is 21.0. The van der Waals surface area contributed by atoms with Gasteiger partial charge in [0.2, 0.25) is 5.69 Å². The Morgan fingerprint density at radius 1 is 1.32 bits per heavy atom. The van der Waals surface area contributed by atoms with E-state index in [2.05, 4.69) is 67.5 Å². The molecule has 2 aliphatic heterocycles. The van der Waals surface area contributed by atoms with E-state index in [0.717, 1.165) is 31.1 Å². The second-order valence-electron chi connectivity index (χ2n) is 7.12. The summed E-state index contributed by atoms with van der Waals surface area (Å²) in [7, 11) is 0. The molecular weight excluding hydrogens is 348 g/mol. The number of hydrogen-bond donors (Lipinski definition) is 0. The van der Waals surface area contributed by atoms with Crippen molar-refractivity contribution in [3.8, 4) is 0 Å². The van der Waals surface area contributed by atoms with Crippen molar-refractivity contribution in [2.45, 2.75) is 39.5 Å². The highest BCUT2D eigenvalue weighted by Gasteiger charge is 2.44. The monoisotopic (exact) mass is 375 g/mol. The molecule has 2 aliphatic rings. The van der Waals surface area contributed by atoms with Gasteiger partial charge in [-0.1, -0.05) is 24.6 Å². The maximum absolute atomic E-state index is 6.28. The summed E-state index contributed by atoms with van der Waals surface area (Å²) in [6.07, 6.45) is 7.91. The van der Waals surface area contributed by atoms with Crippen LogP contribution in [0.5, 0.6) is 0 Å². The van der Waals surface area contributed by atoms with Crippen LogP contribution in [-0.4, -0.2) is 40.6 Å². The Morgan fingerprint density at radius 3 is 2.84 bits per heavy atom. The zero-order valence-electron chi connectivity index (χ0n) is 15.7. The average molecular weight is 376 g/mol. The summed E-state index contributed by atoms with van der Waals surface area (Å²) < 4.78 is 2.46. The number of benzene rings is 1. The van der Waals surface area contributed by atoms with Crippen molar-refractivity contribution in [3.63, 3.8) is 0 Å². The number of allylic oxidation sites excluding steroid dienone is 3. The Kier molecular flexibility index (Phi) is 5.65. The van der Waals surface area contributed by atoms with Crippen molar-refractivity contribution < 1.29 is 4.58 Å². The summed E-state index contributed by atoms with van der Waals surface area (Å²) in [5.41, 5.74) is 3.95. The molecule has 0 amide bonds. The average Bonchev–Trinajstić information content (AvgIpc) is 3.11. The van der Waals surface area contributed by atoms with Gasteiger partial charge in [0.1, 0.15) is 6.54 Å². The minimum atomic E-state index is -0.0301. The van der Waals surface area contributed by atoms with Crippen LogP contribution in [0.4, 0.5) is 5.69 Å². The highest BCUT2D eigenvalue weighted by atomic mass is 35.5. The molecule has 0 radical (unpaired) electrons. The van der Waals surface area contributed by atoms with Crippen LogP contribution in [0.3, 0.4) is 0 Å². The molecule has 1 fully saturated rings. The first kappa shape index (κ1) is 18.6. The number of hydrogen-bond acceptors (Lipinski definition) is 2. The van der Waals surface area contributed by atoms with Gasteiger partial charge < -0.3 is 4.90 Å². The van der Waals surface area contributed by atoms with Gasteiger partial charge in [-0.15, -0.1) is 11.8 Å². The van der Waals surface area contributed by atoms with Crippen molar-refractivity contribution in [1.82, 2.24) is 4.90 Å². The smallest absolute Gasteiger partial charge is 0.209 e. The molecule has 0 bridgehead atoms. The molecule has 0 aliphatic carbocycles. The predicted molar refractivity (Wildman–Crippen MR) is 111 cm³/mol. The number of thioether (sulfide) groups is 1. The SMILES string of the molecule is CCC[N+]1=C(/C=C/C=C2\SCCN2CC)C(C)(C)c2cc(Cl)ccc21. The lowest BCUT2D eigenvalue weighted by atomic mass is 9.81. The van der Waals surface area contributed by atoms with Crippen LogP contribution in [0.1, 0.15) is 39.7 Å². The molecule has 134 valence electrons. The fraction of sp³-hybridized carbons (Fsp3) is 0.476. The quantitative estimate of drug-likeness (QED) is 0.618. The topological polar surface area (TPSA) is 6.25 Å². The lowest BCUT2D eigenvalue weighted by Gasteiger charge is -2.16. The van der Waals surface area contributed by atoms with E-state index in [0.29, 0.717) is 0 Å². The number of nitrogens with zero attached hydrogens (tertiary/aromatic N) is 2. The summed E-state index contributed by atoms with van der Waals surface area (Å²) in [5, 5.41) is 2.20. The summed E-state index contributed by atoms with van der Waals surface area (Å²) in [4.78, 5) is 2.44. The molecule has 1 aromatic carbocycles. The van der Waals surface area contributed by atoms with Gasteiger partial charge in [0.05, 0.1) is 10.4 Å². The van der Waals surface area contributed by atoms with E-state index >= 15 is 0 Å². The fourth-order valence-corrected chi connectivity index (χ4v) is 5.03. The van der Waals surface area contributed by atoms with Crippen LogP contribution in [0, 0.1) is 0 Å². The summed E-state index contributed by atoms with van der Waals surface area (Å²) in [6, 6.07) is 6.30. The summed E-state index contributed by atoms with van der Waals surface area (Å²) in [5.74, 6) is 1.20. The Morgan fingerprint density at radius 2 is 2.12 bits per heavy atom. The Bertz CT molecular complexity index is 746. The summed E-state index contributed by atoms with van der Waals surface area (Å²) >= 11 is 8.24. The van der Waals surface area contributed by atoms with Gasteiger partial charge >= 0.3 is 0 Å². The third kappa shape index (κ3) is 3.54. The van der Waals surface area contributed by atoms with Gasteiger partial charge in [-0.2, -0.15) is 4.58 Å². The second-order valence-corrected chi connectivity index (χ2v) is 8.67. The van der Waals surface area contributed by atoms with Crippen molar-refractivity contribution in [1.29, 1.82) is 0 Å². The molecule has 25 heavy (non-hydrogen) atoms. The van der Waals surface area contributed by atoms with Crippen molar-refractivity contribution in [3.05, 3.63) is 52.0 Å². The fourth-order valence-electron chi connectivity index (χ4n) is 3.76. The molecule has 2 heterocycles. The zero-order valence-corrected chi connectivity index (χ0v) is 17.3. The number of fused-ring (bicyclic) bond motifs is 1. The minimum absolute atomic E-state index is 0.0301. The van der Waals surface area contributed by atoms with E-state index < -0.39 is 0 Å². The van der Waals surface area contributed by atoms with Crippen molar-refractivity contribution in [2.75, 3.05) is 25.4 Å². The molecule has 0 unspecified atom stereocenters. The van der Waals surface area contributed by atoms with E-state index in [9.17, 15) is 0 Å². The molecular formula is C21H28ClN2S+. The van der Waals surface area contributed by atoms with Gasteiger partial charge in [0, 0.05) is 48.0 Å². The lowest BCUT2D eigenvalue weighted by molar-refractivity contribution is -0.437. The first-order valence-corrected chi connectivity index (χ1v) is 10.6. The Balaban J connectivity index is 1.96. The highest BCUT2D eigenvalue weighted by Crippen LogP contribution is 2.41. The van der Waals surface area contributed by atoms with Gasteiger partial charge in [-0.25, -0.2) is 0 Å². The van der Waals surface area contributed by atoms with Gasteiger partial charge in [-0.05, 0) is 39.0 Å². The molecule has 2 nitrogen and oxygen atoms in total. The molecule has 1 aromatic rings. The third-order valence-electron chi connectivity index (χ3n) is 5.10. The standard InChI is InChI=1S/C21H28ClN2S/c1-5-12-24-18-11-10-16(22)15-17(18)21(3,4)19(24)8-7-9-20-23(6-2)13-14-25-20/h7-11,15H,5-6,12-14H2,1-4H3/q+1. The minimum Gasteiger partial charge on any atom is -0.366 e. The Hall–Kier alpha value is -1.19. The molecule has 4 heteroatoms. The number of rotatable bonds is 5. The first-order valence-electron chi connectivity index (χ1n) is 9.20. The van der Waals surface area contributed by atoms with Gasteiger partial charge in [0.15, 0.2) is 5.71 Å². The van der Waals surface area contributed by atoms with Crippen LogP contribution in [0.2, 0.25) is 5.02 Å². The molecule has 0 N–H and O–H groups in total. The highest BCUT2D eigenvalue weighted by molar-refractivity contribution is 8.03. The van der Waals surface area contributed by atoms with Crippen LogP contribution in [0.15, 0.2) is 41.5 Å². The van der Waals surface area contributed by atoms with Gasteiger partial charge in [0.25, 0.3) is 0 Å². The second kappa shape index (κ2) is 7.59. The van der Waals surface area contributed by atoms with Crippen molar-refractivity contribution >= 4 is 34.8 Å². The molecule has 3 rings (SSSR count). The maximum atomic E-state index is 6.28. The summed E-state index contributed by atoms with van der Waals surface area (Å²) in [6.45, 7) is 12.3. The third-order valence-corrected chi connectivity index (χ3v) is 6.41. The van der Waals surface area contributed by atoms with E-state index in [-0.39, 0.29) is 5.41 Å². The van der Waals surface area contributed by atoms with Crippen LogP contribution >= 0.6 is 23.4 Å². The van der Waals surface area contributed by atoms with E-state index in [4.69, 9.17) is 11.6 Å². The predicted octanol–water partition coefficient (Wildman–Crippen LogP) is 5.59. The first-order chi connectivity index (χ1) is 12.0. The van der Waals surface area contributed by atoms with Crippen LogP contribution < -0.4 is 0 Å². The zero-order chi connectivity index (χ0) is 18.0. The Labute approximate surface area is 161 Å². The largest absolute Gasteiger partial charge is 0.366 e. The number of halogens is 1.